The number of carbonyl (C=O) groups excluding carboxylic acids is 1. The van der Waals surface area contributed by atoms with Gasteiger partial charge in [0.25, 0.3) is 0 Å². The summed E-state index contributed by atoms with van der Waals surface area (Å²) in [6.07, 6.45) is 8.26. The molecule has 0 amide bonds. The first kappa shape index (κ1) is 26.6. The lowest BCUT2D eigenvalue weighted by atomic mass is 9.97. The lowest BCUT2D eigenvalue weighted by Crippen LogP contribution is -2.49. The molecule has 3 aliphatic rings. The van der Waals surface area contributed by atoms with E-state index in [0.717, 1.165) is 85.5 Å². The monoisotopic (exact) mass is 538 g/mol. The van der Waals surface area contributed by atoms with Crippen LogP contribution < -0.4 is 10.6 Å². The fourth-order valence-electron chi connectivity index (χ4n) is 6.01. The van der Waals surface area contributed by atoms with Crippen molar-refractivity contribution in [2.75, 3.05) is 51.3 Å². The highest BCUT2D eigenvalue weighted by atomic mass is 16.5. The number of nitrogens with one attached hydrogen (secondary N) is 2. The molecule has 40 heavy (non-hydrogen) atoms. The second-order valence-corrected chi connectivity index (χ2v) is 10.9. The van der Waals surface area contributed by atoms with Gasteiger partial charge in [0.1, 0.15) is 18.1 Å². The lowest BCUT2D eigenvalue weighted by molar-refractivity contribution is -0.109. The molecule has 5 heterocycles. The van der Waals surface area contributed by atoms with Crippen LogP contribution in [-0.2, 0) is 16.0 Å². The number of ether oxygens (including phenoxy) is 1. The Labute approximate surface area is 236 Å². The molecule has 8 heteroatoms. The fourth-order valence-corrected chi connectivity index (χ4v) is 6.01. The van der Waals surface area contributed by atoms with Crippen molar-refractivity contribution in [2.45, 2.75) is 38.3 Å². The minimum absolute atomic E-state index is 0.457. The molecule has 2 aromatic heterocycles. The first-order chi connectivity index (χ1) is 19.7. The fraction of sp³-hybridized carbons (Fsp3) is 0.406. The van der Waals surface area contributed by atoms with Gasteiger partial charge in [0.15, 0.2) is 0 Å². The molecule has 2 saturated heterocycles. The zero-order valence-corrected chi connectivity index (χ0v) is 23.2. The van der Waals surface area contributed by atoms with Crippen molar-refractivity contribution in [3.63, 3.8) is 0 Å². The standard InChI is InChI=1S/C32H38N6O2/c1-23-3-2-4-28(34-23)29-21-25-9-13-33-30(22-39)31(25)32(36-29)35-26-7-5-24(6-8-26)10-14-37-15-11-27(12-16-37)38-17-19-40-20-18-38/h2-9,13,21-22,27,30,33H,10-12,14-20H2,1H3,(H,35,36). The van der Waals surface area contributed by atoms with Crippen LogP contribution in [0.3, 0.4) is 0 Å². The summed E-state index contributed by atoms with van der Waals surface area (Å²) in [7, 11) is 0. The van der Waals surface area contributed by atoms with E-state index in [1.807, 2.05) is 43.5 Å². The van der Waals surface area contributed by atoms with E-state index >= 15 is 0 Å². The number of fused-ring (bicyclic) bond motifs is 1. The van der Waals surface area contributed by atoms with Gasteiger partial charge in [0.05, 0.1) is 24.6 Å². The van der Waals surface area contributed by atoms with E-state index in [9.17, 15) is 4.79 Å². The Hall–Kier alpha value is -3.59. The summed E-state index contributed by atoms with van der Waals surface area (Å²) in [6, 6.07) is 16.8. The van der Waals surface area contributed by atoms with Gasteiger partial charge in [-0.2, -0.15) is 0 Å². The number of rotatable bonds is 8. The van der Waals surface area contributed by atoms with Crippen molar-refractivity contribution in [3.05, 3.63) is 77.1 Å². The Morgan fingerprint density at radius 1 is 1.02 bits per heavy atom. The van der Waals surface area contributed by atoms with Gasteiger partial charge in [0, 0.05) is 42.6 Å². The van der Waals surface area contributed by atoms with Crippen LogP contribution in [0.5, 0.6) is 0 Å². The molecular weight excluding hydrogens is 500 g/mol. The van der Waals surface area contributed by atoms with E-state index in [2.05, 4.69) is 49.7 Å². The number of hydrogen-bond donors (Lipinski definition) is 2. The van der Waals surface area contributed by atoms with Crippen molar-refractivity contribution in [2.24, 2.45) is 0 Å². The number of piperidine rings is 1. The smallest absolute Gasteiger partial charge is 0.146 e. The Morgan fingerprint density at radius 3 is 2.58 bits per heavy atom. The van der Waals surface area contributed by atoms with Crippen molar-refractivity contribution < 1.29 is 9.53 Å². The number of carbonyl (C=O) groups is 1. The van der Waals surface area contributed by atoms with Gasteiger partial charge in [-0.1, -0.05) is 18.2 Å². The van der Waals surface area contributed by atoms with Gasteiger partial charge >= 0.3 is 0 Å². The third-order valence-electron chi connectivity index (χ3n) is 8.28. The Balaban J connectivity index is 1.12. The molecule has 0 spiro atoms. The number of aldehydes is 1. The molecule has 1 aromatic carbocycles. The molecule has 6 rings (SSSR count). The largest absolute Gasteiger partial charge is 0.379 e. The predicted octanol–water partition coefficient (Wildman–Crippen LogP) is 4.35. The van der Waals surface area contributed by atoms with Gasteiger partial charge < -0.3 is 25.1 Å². The Morgan fingerprint density at radius 2 is 1.82 bits per heavy atom. The number of pyridine rings is 2. The third-order valence-corrected chi connectivity index (χ3v) is 8.28. The molecule has 8 nitrogen and oxygen atoms in total. The zero-order chi connectivity index (χ0) is 27.3. The Kier molecular flexibility index (Phi) is 8.18. The predicted molar refractivity (Wildman–Crippen MR) is 158 cm³/mol. The third kappa shape index (κ3) is 6.09. The molecule has 3 aromatic rings. The maximum atomic E-state index is 11.9. The highest BCUT2D eigenvalue weighted by Crippen LogP contribution is 2.33. The minimum Gasteiger partial charge on any atom is -0.379 e. The maximum Gasteiger partial charge on any atom is 0.146 e. The van der Waals surface area contributed by atoms with Crippen LogP contribution in [0, 0.1) is 6.92 Å². The number of likely N-dealkylation sites (tertiary alicyclic amines) is 1. The van der Waals surface area contributed by atoms with Crippen LogP contribution in [0.2, 0.25) is 0 Å². The summed E-state index contributed by atoms with van der Waals surface area (Å²) < 4.78 is 5.52. The summed E-state index contributed by atoms with van der Waals surface area (Å²) in [5.74, 6) is 0.667. The van der Waals surface area contributed by atoms with Crippen molar-refractivity contribution in [1.29, 1.82) is 0 Å². The van der Waals surface area contributed by atoms with Gasteiger partial charge in [-0.25, -0.2) is 4.98 Å². The first-order valence-electron chi connectivity index (χ1n) is 14.4. The van der Waals surface area contributed by atoms with Crippen LogP contribution in [0.1, 0.15) is 41.3 Å². The van der Waals surface area contributed by atoms with E-state index in [0.29, 0.717) is 5.82 Å². The number of aryl methyl sites for hydroxylation is 1. The Bertz CT molecular complexity index is 1340. The van der Waals surface area contributed by atoms with E-state index in [1.54, 1.807) is 0 Å². The molecule has 208 valence electrons. The molecule has 2 fully saturated rings. The van der Waals surface area contributed by atoms with E-state index in [-0.39, 0.29) is 0 Å². The molecule has 0 radical (unpaired) electrons. The molecule has 0 saturated carbocycles. The molecule has 0 bridgehead atoms. The molecular formula is C32H38N6O2. The zero-order valence-electron chi connectivity index (χ0n) is 23.2. The van der Waals surface area contributed by atoms with Gasteiger partial charge in [-0.3, -0.25) is 9.88 Å². The number of aromatic nitrogens is 2. The average Bonchev–Trinajstić information content (AvgIpc) is 3.01. The maximum absolute atomic E-state index is 11.9. The molecule has 2 N–H and O–H groups in total. The number of benzene rings is 1. The number of morpholine rings is 1. The highest BCUT2D eigenvalue weighted by molar-refractivity contribution is 5.79. The first-order valence-corrected chi connectivity index (χ1v) is 14.4. The quantitative estimate of drug-likeness (QED) is 0.410. The van der Waals surface area contributed by atoms with Crippen molar-refractivity contribution in [3.8, 4) is 11.4 Å². The number of nitrogens with zero attached hydrogens (tertiary/aromatic N) is 4. The average molecular weight is 539 g/mol. The van der Waals surface area contributed by atoms with Crippen LogP contribution in [0.15, 0.2) is 54.7 Å². The van der Waals surface area contributed by atoms with Crippen LogP contribution in [0.4, 0.5) is 11.5 Å². The van der Waals surface area contributed by atoms with Gasteiger partial charge in [0.2, 0.25) is 0 Å². The van der Waals surface area contributed by atoms with Gasteiger partial charge in [-0.05, 0) is 93.0 Å². The summed E-state index contributed by atoms with van der Waals surface area (Å²) in [4.78, 5) is 26.7. The van der Waals surface area contributed by atoms with Crippen LogP contribution >= 0.6 is 0 Å². The van der Waals surface area contributed by atoms with Crippen LogP contribution in [-0.4, -0.2) is 78.0 Å². The summed E-state index contributed by atoms with van der Waals surface area (Å²) in [5.41, 5.74) is 6.59. The molecule has 1 unspecified atom stereocenters. The molecule has 1 atom stereocenters. The highest BCUT2D eigenvalue weighted by Gasteiger charge is 2.26. The summed E-state index contributed by atoms with van der Waals surface area (Å²) in [6.45, 7) is 9.33. The van der Waals surface area contributed by atoms with Crippen molar-refractivity contribution >= 4 is 23.9 Å². The van der Waals surface area contributed by atoms with E-state index in [4.69, 9.17) is 9.72 Å². The SMILES string of the molecule is Cc1cccc(-c2cc3c(c(Nc4ccc(CCN5CCC(N6CCOCC6)CC5)cc4)n2)C(C=O)NC=C3)n1. The molecule has 3 aliphatic heterocycles. The molecule has 0 aliphatic carbocycles. The minimum atomic E-state index is -0.457. The van der Waals surface area contributed by atoms with Crippen molar-refractivity contribution in [1.82, 2.24) is 25.1 Å². The van der Waals surface area contributed by atoms with E-state index < -0.39 is 6.04 Å². The van der Waals surface area contributed by atoms with E-state index in [1.165, 1.54) is 31.5 Å². The topological polar surface area (TPSA) is 82.6 Å². The summed E-state index contributed by atoms with van der Waals surface area (Å²) in [5, 5.41) is 6.63. The second kappa shape index (κ2) is 12.3. The second-order valence-electron chi connectivity index (χ2n) is 10.9. The van der Waals surface area contributed by atoms with Crippen LogP contribution in [0.25, 0.3) is 17.5 Å². The number of anilines is 2. The summed E-state index contributed by atoms with van der Waals surface area (Å²) >= 11 is 0. The lowest BCUT2D eigenvalue weighted by Gasteiger charge is -2.40. The van der Waals surface area contributed by atoms with Gasteiger partial charge in [-0.15, -0.1) is 0 Å². The number of hydrogen-bond acceptors (Lipinski definition) is 8. The normalized spacial score (nSPS) is 20.1.